The van der Waals surface area contributed by atoms with Gasteiger partial charge in [0.1, 0.15) is 5.78 Å². The van der Waals surface area contributed by atoms with Gasteiger partial charge in [0.15, 0.2) is 0 Å². The molecule has 0 rings (SSSR count). The van der Waals surface area contributed by atoms with Crippen molar-refractivity contribution in [3.05, 3.63) is 0 Å². The van der Waals surface area contributed by atoms with Crippen LogP contribution >= 0.6 is 0 Å². The van der Waals surface area contributed by atoms with Crippen LogP contribution in [0.1, 0.15) is 13.3 Å². The maximum atomic E-state index is 11.5. The predicted molar refractivity (Wildman–Crippen MR) is 31.4 cm³/mol. The summed E-state index contributed by atoms with van der Waals surface area (Å²) in [5.74, 6) is -4.95. The Kier molecular flexibility index (Phi) is 3.12. The molecule has 0 fully saturated rings. The number of hydrogen-bond donors (Lipinski definition) is 0. The van der Waals surface area contributed by atoms with Gasteiger partial charge in [-0.15, -0.1) is 0 Å². The summed E-state index contributed by atoms with van der Waals surface area (Å²) in [5.41, 5.74) is 0. The molecule has 0 atom stereocenters. The third-order valence-electron chi connectivity index (χ3n) is 0.920. The van der Waals surface area contributed by atoms with Crippen LogP contribution in [0.5, 0.6) is 0 Å². The van der Waals surface area contributed by atoms with Crippen molar-refractivity contribution >= 4 is 17.3 Å². The van der Waals surface area contributed by atoms with Gasteiger partial charge in [-0.05, 0) is 6.92 Å². The molecule has 0 aliphatic rings. The quantitative estimate of drug-likeness (QED) is 0.476. The second-order valence-electron chi connectivity index (χ2n) is 2.13. The van der Waals surface area contributed by atoms with Crippen LogP contribution in [0.4, 0.5) is 13.2 Å². The van der Waals surface area contributed by atoms with Gasteiger partial charge in [0.05, 0.1) is 6.42 Å². The standard InChI is InChI=1S/C6H5F3O3/c1-3(10)2-4(11)5(12)6(7,8)9/h2H2,1H3. The average Bonchev–Trinajstić information content (AvgIpc) is 1.82. The molecule has 0 aromatic rings. The van der Waals surface area contributed by atoms with Crippen LogP contribution in [0.25, 0.3) is 0 Å². The van der Waals surface area contributed by atoms with Crippen molar-refractivity contribution in [3.8, 4) is 0 Å². The number of ketones is 3. The Labute approximate surface area is 65.5 Å². The van der Waals surface area contributed by atoms with Crippen LogP contribution < -0.4 is 0 Å². The second kappa shape index (κ2) is 3.46. The molecule has 0 aromatic carbocycles. The fourth-order valence-corrected chi connectivity index (χ4v) is 0.464. The minimum Gasteiger partial charge on any atom is -0.300 e. The second-order valence-corrected chi connectivity index (χ2v) is 2.13. The van der Waals surface area contributed by atoms with E-state index in [2.05, 4.69) is 0 Å². The van der Waals surface area contributed by atoms with Crippen LogP contribution in [0.3, 0.4) is 0 Å². The number of rotatable bonds is 3. The van der Waals surface area contributed by atoms with E-state index in [-0.39, 0.29) is 0 Å². The Morgan fingerprint density at radius 3 is 1.83 bits per heavy atom. The van der Waals surface area contributed by atoms with E-state index in [0.717, 1.165) is 6.92 Å². The van der Waals surface area contributed by atoms with E-state index in [0.29, 0.717) is 0 Å². The minimum absolute atomic E-state index is 0.766. The number of carbonyl (C=O) groups excluding carboxylic acids is 3. The highest BCUT2D eigenvalue weighted by Gasteiger charge is 2.43. The highest BCUT2D eigenvalue weighted by Crippen LogP contribution is 2.16. The number of carbonyl (C=O) groups is 3. The Bertz CT molecular complexity index is 229. The fraction of sp³-hybridized carbons (Fsp3) is 0.500. The van der Waals surface area contributed by atoms with Crippen molar-refractivity contribution in [3.63, 3.8) is 0 Å². The Morgan fingerprint density at radius 2 is 1.58 bits per heavy atom. The average molecular weight is 182 g/mol. The Hall–Kier alpha value is -1.20. The van der Waals surface area contributed by atoms with Gasteiger partial charge in [-0.3, -0.25) is 14.4 Å². The molecule has 0 heterocycles. The molecule has 0 N–H and O–H groups in total. The third kappa shape index (κ3) is 3.27. The summed E-state index contributed by atoms with van der Waals surface area (Å²) >= 11 is 0. The molecule has 68 valence electrons. The first kappa shape index (κ1) is 10.8. The number of Topliss-reactive ketones (excluding diaryl/α,β-unsaturated/α-hetero) is 3. The van der Waals surface area contributed by atoms with Gasteiger partial charge in [0.25, 0.3) is 0 Å². The lowest BCUT2D eigenvalue weighted by molar-refractivity contribution is -0.174. The summed E-state index contributed by atoms with van der Waals surface area (Å²) < 4.78 is 34.4. The Morgan fingerprint density at radius 1 is 1.17 bits per heavy atom. The summed E-state index contributed by atoms with van der Waals surface area (Å²) in [5, 5.41) is 0. The number of alkyl halides is 3. The van der Waals surface area contributed by atoms with E-state index in [1.807, 2.05) is 0 Å². The fourth-order valence-electron chi connectivity index (χ4n) is 0.464. The van der Waals surface area contributed by atoms with Crippen molar-refractivity contribution < 1.29 is 27.6 Å². The van der Waals surface area contributed by atoms with E-state index in [4.69, 9.17) is 0 Å². The first-order chi connectivity index (χ1) is 5.25. The summed E-state index contributed by atoms with van der Waals surface area (Å²) in [4.78, 5) is 30.5. The zero-order chi connectivity index (χ0) is 9.94. The largest absolute Gasteiger partial charge is 0.458 e. The zero-order valence-corrected chi connectivity index (χ0v) is 6.07. The molecule has 0 aliphatic heterocycles. The Balaban J connectivity index is 4.32. The number of halogens is 3. The first-order valence-electron chi connectivity index (χ1n) is 2.89. The third-order valence-corrected chi connectivity index (χ3v) is 0.920. The van der Waals surface area contributed by atoms with Crippen molar-refractivity contribution in [2.24, 2.45) is 0 Å². The first-order valence-corrected chi connectivity index (χ1v) is 2.89. The molecule has 0 saturated heterocycles. The van der Waals surface area contributed by atoms with E-state index in [1.54, 1.807) is 0 Å². The van der Waals surface area contributed by atoms with Crippen molar-refractivity contribution in [2.45, 2.75) is 19.5 Å². The molecule has 0 aromatic heterocycles. The summed E-state index contributed by atoms with van der Waals surface area (Å²) in [6.45, 7) is 0.932. The molecule has 0 aliphatic carbocycles. The van der Waals surface area contributed by atoms with E-state index in [1.165, 1.54) is 0 Å². The van der Waals surface area contributed by atoms with Gasteiger partial charge in [-0.25, -0.2) is 0 Å². The molecule has 3 nitrogen and oxygen atoms in total. The van der Waals surface area contributed by atoms with E-state index >= 15 is 0 Å². The maximum Gasteiger partial charge on any atom is 0.458 e. The molecule has 6 heteroatoms. The lowest BCUT2D eigenvalue weighted by Gasteiger charge is -2.01. The molecule has 0 amide bonds. The summed E-state index contributed by atoms with van der Waals surface area (Å²) in [6.07, 6.45) is -6.16. The molecular formula is C6H5F3O3. The summed E-state index contributed by atoms with van der Waals surface area (Å²) in [6, 6.07) is 0. The van der Waals surface area contributed by atoms with Crippen LogP contribution in [-0.2, 0) is 14.4 Å². The summed E-state index contributed by atoms with van der Waals surface area (Å²) in [7, 11) is 0. The predicted octanol–water partition coefficient (Wildman–Crippen LogP) is 0.666. The lowest BCUT2D eigenvalue weighted by Crippen LogP contribution is -2.31. The minimum atomic E-state index is -5.17. The highest BCUT2D eigenvalue weighted by molar-refractivity contribution is 6.42. The maximum absolute atomic E-state index is 11.5. The van der Waals surface area contributed by atoms with Gasteiger partial charge >= 0.3 is 12.0 Å². The highest BCUT2D eigenvalue weighted by atomic mass is 19.4. The van der Waals surface area contributed by atoms with E-state index in [9.17, 15) is 27.6 Å². The monoisotopic (exact) mass is 182 g/mol. The SMILES string of the molecule is CC(=O)CC(=O)C(=O)C(F)(F)F. The van der Waals surface area contributed by atoms with Crippen molar-refractivity contribution in [1.29, 1.82) is 0 Å². The van der Waals surface area contributed by atoms with Crippen molar-refractivity contribution in [1.82, 2.24) is 0 Å². The van der Waals surface area contributed by atoms with Gasteiger partial charge in [-0.1, -0.05) is 0 Å². The van der Waals surface area contributed by atoms with Crippen LogP contribution in [-0.4, -0.2) is 23.5 Å². The molecule has 0 radical (unpaired) electrons. The molecular weight excluding hydrogens is 177 g/mol. The topological polar surface area (TPSA) is 51.2 Å². The normalized spacial score (nSPS) is 11.0. The molecule has 12 heavy (non-hydrogen) atoms. The zero-order valence-electron chi connectivity index (χ0n) is 6.07. The molecule has 0 saturated carbocycles. The molecule has 0 unspecified atom stereocenters. The van der Waals surface area contributed by atoms with Gasteiger partial charge < -0.3 is 0 Å². The van der Waals surface area contributed by atoms with Crippen LogP contribution in [0.15, 0.2) is 0 Å². The van der Waals surface area contributed by atoms with Gasteiger partial charge in [0.2, 0.25) is 5.78 Å². The molecule has 0 bridgehead atoms. The van der Waals surface area contributed by atoms with Gasteiger partial charge in [0, 0.05) is 0 Å². The van der Waals surface area contributed by atoms with Crippen molar-refractivity contribution in [2.75, 3.05) is 0 Å². The number of hydrogen-bond acceptors (Lipinski definition) is 3. The smallest absolute Gasteiger partial charge is 0.300 e. The van der Waals surface area contributed by atoms with E-state index < -0.39 is 29.9 Å². The molecule has 0 spiro atoms. The lowest BCUT2D eigenvalue weighted by atomic mass is 10.1. The van der Waals surface area contributed by atoms with Crippen LogP contribution in [0.2, 0.25) is 0 Å². The van der Waals surface area contributed by atoms with Gasteiger partial charge in [-0.2, -0.15) is 13.2 Å². The van der Waals surface area contributed by atoms with Crippen LogP contribution in [0, 0.1) is 0 Å².